The van der Waals surface area contributed by atoms with Crippen LogP contribution >= 0.6 is 11.8 Å². The van der Waals surface area contributed by atoms with Gasteiger partial charge in [0.25, 0.3) is 5.91 Å². The first-order valence-electron chi connectivity index (χ1n) is 9.11. The fraction of sp³-hybridized carbons (Fsp3) is 0.0455. The van der Waals surface area contributed by atoms with Crippen LogP contribution in [0.4, 0.5) is 0 Å². The number of carbonyl (C=O) groups is 1. The Bertz CT molecular complexity index is 1190. The lowest BCUT2D eigenvalue weighted by molar-refractivity contribution is 0.0955. The number of thioether (sulfide) groups is 1. The minimum absolute atomic E-state index is 0.249. The summed E-state index contributed by atoms with van der Waals surface area (Å²) in [7, 11) is 0. The lowest BCUT2D eigenvalue weighted by Crippen LogP contribution is -2.17. The highest BCUT2D eigenvalue weighted by atomic mass is 32.2. The molecular weight excluding hydrogens is 400 g/mol. The maximum atomic E-state index is 12.2. The number of aromatic amines is 1. The summed E-state index contributed by atoms with van der Waals surface area (Å²) in [4.78, 5) is 20.0. The van der Waals surface area contributed by atoms with Gasteiger partial charge in [-0.3, -0.25) is 4.79 Å². The van der Waals surface area contributed by atoms with Gasteiger partial charge in [-0.1, -0.05) is 42.1 Å². The minimum Gasteiger partial charge on any atom is -0.504 e. The number of nitrogens with zero attached hydrogens (tertiary/aromatic N) is 2. The molecule has 1 amide bonds. The van der Waals surface area contributed by atoms with Gasteiger partial charge in [0.1, 0.15) is 0 Å². The lowest BCUT2D eigenvalue weighted by atomic mass is 10.1. The standard InChI is InChI=1S/C22H18N4O3S/c27-19-7-3-4-16(20(19)28)12-23-26-21(29)15-10-8-14(9-11-15)13-30-22-24-17-5-1-2-6-18(17)25-22/h1-12,27-28H,13H2,(H,24,25)(H,26,29)/b23-12+. The van der Waals surface area contributed by atoms with Crippen molar-refractivity contribution in [2.24, 2.45) is 5.10 Å². The fourth-order valence-electron chi connectivity index (χ4n) is 2.78. The van der Waals surface area contributed by atoms with Crippen LogP contribution in [0.15, 0.2) is 77.0 Å². The van der Waals surface area contributed by atoms with E-state index < -0.39 is 0 Å². The number of fused-ring (bicyclic) bond motifs is 1. The van der Waals surface area contributed by atoms with E-state index in [-0.39, 0.29) is 17.4 Å². The van der Waals surface area contributed by atoms with Crippen LogP contribution in [0, 0.1) is 0 Å². The SMILES string of the molecule is O=C(N/N=C/c1cccc(O)c1O)c1ccc(CSc2nc3ccccc3[nH]2)cc1. The number of rotatable bonds is 6. The van der Waals surface area contributed by atoms with E-state index in [1.165, 1.54) is 12.3 Å². The molecule has 0 unspecified atom stereocenters. The molecule has 0 fully saturated rings. The highest BCUT2D eigenvalue weighted by molar-refractivity contribution is 7.98. The number of imidazole rings is 1. The van der Waals surface area contributed by atoms with Gasteiger partial charge in [0.05, 0.1) is 17.2 Å². The van der Waals surface area contributed by atoms with Crippen molar-refractivity contribution in [2.75, 3.05) is 0 Å². The molecule has 0 aliphatic heterocycles. The van der Waals surface area contributed by atoms with Gasteiger partial charge in [0, 0.05) is 16.9 Å². The van der Waals surface area contributed by atoms with E-state index in [0.29, 0.717) is 11.1 Å². The number of hydrazone groups is 1. The molecule has 4 rings (SSSR count). The van der Waals surface area contributed by atoms with Crippen LogP contribution in [0.25, 0.3) is 11.0 Å². The number of hydrogen-bond acceptors (Lipinski definition) is 6. The van der Waals surface area contributed by atoms with Crippen molar-refractivity contribution in [3.63, 3.8) is 0 Å². The van der Waals surface area contributed by atoms with Crippen LogP contribution in [0.3, 0.4) is 0 Å². The number of phenolic OH excluding ortho intramolecular Hbond substituents is 2. The molecule has 0 spiro atoms. The van der Waals surface area contributed by atoms with Gasteiger partial charge >= 0.3 is 0 Å². The van der Waals surface area contributed by atoms with Crippen LogP contribution in [0.5, 0.6) is 11.5 Å². The Balaban J connectivity index is 1.33. The predicted octanol–water partition coefficient (Wildman–Crippen LogP) is 4.03. The predicted molar refractivity (Wildman–Crippen MR) is 117 cm³/mol. The normalized spacial score (nSPS) is 11.2. The summed E-state index contributed by atoms with van der Waals surface area (Å²) in [6.45, 7) is 0. The van der Waals surface area contributed by atoms with Gasteiger partial charge in [-0.2, -0.15) is 5.10 Å². The molecule has 0 radical (unpaired) electrons. The summed E-state index contributed by atoms with van der Waals surface area (Å²) in [5.74, 6) is -0.193. The largest absolute Gasteiger partial charge is 0.504 e. The Morgan fingerprint density at radius 1 is 1.07 bits per heavy atom. The Morgan fingerprint density at radius 2 is 1.87 bits per heavy atom. The Kier molecular flexibility index (Phi) is 5.67. The Labute approximate surface area is 176 Å². The van der Waals surface area contributed by atoms with Crippen molar-refractivity contribution in [1.82, 2.24) is 15.4 Å². The second-order valence-corrected chi connectivity index (χ2v) is 7.42. The molecule has 0 saturated carbocycles. The quantitative estimate of drug-likeness (QED) is 0.164. The number of phenols is 2. The number of benzene rings is 3. The molecule has 8 heteroatoms. The van der Waals surface area contributed by atoms with Crippen molar-refractivity contribution in [3.05, 3.63) is 83.4 Å². The van der Waals surface area contributed by atoms with Gasteiger partial charge in [-0.05, 0) is 42.0 Å². The fourth-order valence-corrected chi connectivity index (χ4v) is 3.62. The van der Waals surface area contributed by atoms with Crippen LogP contribution in [-0.2, 0) is 5.75 Å². The summed E-state index contributed by atoms with van der Waals surface area (Å²) >= 11 is 1.59. The molecule has 150 valence electrons. The maximum absolute atomic E-state index is 12.2. The third-order valence-electron chi connectivity index (χ3n) is 4.37. The first kappa shape index (κ1) is 19.5. The molecule has 1 aromatic heterocycles. The molecule has 4 aromatic rings. The molecule has 0 atom stereocenters. The molecular formula is C22H18N4O3S. The zero-order valence-electron chi connectivity index (χ0n) is 15.7. The van der Waals surface area contributed by atoms with Crippen LogP contribution < -0.4 is 5.43 Å². The van der Waals surface area contributed by atoms with Gasteiger partial charge < -0.3 is 15.2 Å². The van der Waals surface area contributed by atoms with E-state index in [9.17, 15) is 15.0 Å². The van der Waals surface area contributed by atoms with E-state index in [1.54, 1.807) is 36.0 Å². The van der Waals surface area contributed by atoms with Crippen LogP contribution in [0.2, 0.25) is 0 Å². The van der Waals surface area contributed by atoms with Crippen molar-refractivity contribution in [2.45, 2.75) is 10.9 Å². The molecule has 0 aliphatic carbocycles. The highest BCUT2D eigenvalue weighted by Gasteiger charge is 2.07. The summed E-state index contributed by atoms with van der Waals surface area (Å²) in [6, 6.07) is 19.6. The number of para-hydroxylation sites is 3. The summed E-state index contributed by atoms with van der Waals surface area (Å²) in [6.07, 6.45) is 1.27. The lowest BCUT2D eigenvalue weighted by Gasteiger charge is -2.03. The summed E-state index contributed by atoms with van der Waals surface area (Å²) in [5.41, 5.74) is 6.17. The van der Waals surface area contributed by atoms with Gasteiger partial charge in [-0.15, -0.1) is 0 Å². The third kappa shape index (κ3) is 4.44. The first-order valence-corrected chi connectivity index (χ1v) is 10.1. The molecule has 0 saturated heterocycles. The minimum atomic E-state index is -0.373. The number of H-pyrrole nitrogens is 1. The molecule has 7 nitrogen and oxygen atoms in total. The van der Waals surface area contributed by atoms with Crippen molar-refractivity contribution in [1.29, 1.82) is 0 Å². The molecule has 1 heterocycles. The van der Waals surface area contributed by atoms with Crippen LogP contribution in [0.1, 0.15) is 21.5 Å². The second-order valence-electron chi connectivity index (χ2n) is 6.46. The third-order valence-corrected chi connectivity index (χ3v) is 5.32. The number of aromatic hydroxyl groups is 2. The van der Waals surface area contributed by atoms with Gasteiger partial charge in [-0.25, -0.2) is 10.4 Å². The molecule has 3 aromatic carbocycles. The van der Waals surface area contributed by atoms with E-state index in [1.807, 2.05) is 36.4 Å². The smallest absolute Gasteiger partial charge is 0.271 e. The van der Waals surface area contributed by atoms with Crippen molar-refractivity contribution in [3.8, 4) is 11.5 Å². The van der Waals surface area contributed by atoms with Crippen molar-refractivity contribution < 1.29 is 15.0 Å². The van der Waals surface area contributed by atoms with E-state index in [4.69, 9.17) is 0 Å². The molecule has 0 aliphatic rings. The summed E-state index contributed by atoms with van der Waals surface area (Å²) < 4.78 is 0. The Hall–Kier alpha value is -3.78. The average molecular weight is 418 g/mol. The number of hydrogen-bond donors (Lipinski definition) is 4. The molecule has 30 heavy (non-hydrogen) atoms. The summed E-state index contributed by atoms with van der Waals surface area (Å²) in [5, 5.41) is 23.9. The van der Waals surface area contributed by atoms with E-state index in [2.05, 4.69) is 20.5 Å². The zero-order valence-corrected chi connectivity index (χ0v) is 16.6. The zero-order chi connectivity index (χ0) is 20.9. The maximum Gasteiger partial charge on any atom is 0.271 e. The van der Waals surface area contributed by atoms with Crippen LogP contribution in [-0.4, -0.2) is 32.3 Å². The molecule has 0 bridgehead atoms. The monoisotopic (exact) mass is 418 g/mol. The second kappa shape index (κ2) is 8.71. The number of amides is 1. The highest BCUT2D eigenvalue weighted by Crippen LogP contribution is 2.26. The van der Waals surface area contributed by atoms with Gasteiger partial charge in [0.15, 0.2) is 16.7 Å². The average Bonchev–Trinajstić information content (AvgIpc) is 3.18. The Morgan fingerprint density at radius 3 is 2.67 bits per heavy atom. The first-order chi connectivity index (χ1) is 14.6. The van der Waals surface area contributed by atoms with E-state index in [0.717, 1.165) is 27.5 Å². The van der Waals surface area contributed by atoms with E-state index >= 15 is 0 Å². The van der Waals surface area contributed by atoms with Gasteiger partial charge in [0.2, 0.25) is 0 Å². The molecule has 4 N–H and O–H groups in total. The number of nitrogens with one attached hydrogen (secondary N) is 2. The number of aromatic nitrogens is 2. The number of carbonyl (C=O) groups excluding carboxylic acids is 1. The topological polar surface area (TPSA) is 111 Å². The van der Waals surface area contributed by atoms with Crippen molar-refractivity contribution >= 4 is 34.9 Å².